The van der Waals surface area contributed by atoms with Crippen molar-refractivity contribution in [1.82, 2.24) is 0 Å². The minimum absolute atomic E-state index is 0.0453. The topological polar surface area (TPSA) is 66.8 Å². The number of rotatable bonds is 1. The number of carbonyl (C=O) groups excluding carboxylic acids is 1. The van der Waals surface area contributed by atoms with Crippen molar-refractivity contribution >= 4 is 5.78 Å². The van der Waals surface area contributed by atoms with E-state index in [4.69, 9.17) is 4.74 Å². The first-order chi connectivity index (χ1) is 8.60. The Kier molecular flexibility index (Phi) is 2.12. The fourth-order valence-electron chi connectivity index (χ4n) is 2.69. The summed E-state index contributed by atoms with van der Waals surface area (Å²) in [5.41, 5.74) is -0.462. The Morgan fingerprint density at radius 3 is 2.67 bits per heavy atom. The van der Waals surface area contributed by atoms with Crippen LogP contribution < -0.4 is 0 Å². The maximum atomic E-state index is 12.2. The number of ether oxygens (including phenoxy) is 1. The summed E-state index contributed by atoms with van der Waals surface area (Å²) < 4.78 is 5.36. The number of allylic oxidation sites excluding steroid dienone is 2. The molecule has 0 heterocycles. The Labute approximate surface area is 104 Å². The highest BCUT2D eigenvalue weighted by molar-refractivity contribution is 6.02. The summed E-state index contributed by atoms with van der Waals surface area (Å²) in [7, 11) is 1.41. The molecule has 2 atom stereocenters. The summed E-state index contributed by atoms with van der Waals surface area (Å²) in [5.74, 6) is -0.473. The molecule has 0 spiro atoms. The SMILES string of the molecule is COC12C=CC(C=CC1=O)c1c(O)ccc(O)c12. The van der Waals surface area contributed by atoms with Gasteiger partial charge >= 0.3 is 0 Å². The third kappa shape index (κ3) is 1.15. The molecule has 0 aliphatic heterocycles. The van der Waals surface area contributed by atoms with Gasteiger partial charge in [0, 0.05) is 24.2 Å². The van der Waals surface area contributed by atoms with Gasteiger partial charge in [-0.15, -0.1) is 0 Å². The molecule has 2 unspecified atom stereocenters. The molecule has 4 nitrogen and oxygen atoms in total. The number of phenols is 2. The first-order valence-corrected chi connectivity index (χ1v) is 5.62. The van der Waals surface area contributed by atoms with Crippen molar-refractivity contribution in [3.63, 3.8) is 0 Å². The number of ketones is 1. The summed E-state index contributed by atoms with van der Waals surface area (Å²) in [4.78, 5) is 12.2. The smallest absolute Gasteiger partial charge is 0.195 e. The highest BCUT2D eigenvalue weighted by atomic mass is 16.5. The molecular formula is C14H12O4. The Morgan fingerprint density at radius 2 is 1.94 bits per heavy atom. The summed E-state index contributed by atoms with van der Waals surface area (Å²) in [6.45, 7) is 0. The van der Waals surface area contributed by atoms with Crippen LogP contribution in [-0.2, 0) is 15.1 Å². The lowest BCUT2D eigenvalue weighted by molar-refractivity contribution is -0.131. The van der Waals surface area contributed by atoms with E-state index in [1.54, 1.807) is 18.2 Å². The quantitative estimate of drug-likeness (QED) is 0.583. The number of methoxy groups -OCH3 is 1. The molecular weight excluding hydrogens is 232 g/mol. The van der Waals surface area contributed by atoms with Gasteiger partial charge in [0.25, 0.3) is 0 Å². The molecule has 0 radical (unpaired) electrons. The van der Waals surface area contributed by atoms with Crippen LogP contribution in [0.1, 0.15) is 17.0 Å². The van der Waals surface area contributed by atoms with Crippen molar-refractivity contribution in [1.29, 1.82) is 0 Å². The molecule has 0 saturated carbocycles. The molecule has 18 heavy (non-hydrogen) atoms. The lowest BCUT2D eigenvalue weighted by atomic mass is 9.78. The first kappa shape index (κ1) is 11.0. The normalized spacial score (nSPS) is 28.3. The second kappa shape index (κ2) is 3.46. The van der Waals surface area contributed by atoms with E-state index < -0.39 is 5.60 Å². The van der Waals surface area contributed by atoms with E-state index in [0.29, 0.717) is 11.1 Å². The Hall–Kier alpha value is -2.07. The van der Waals surface area contributed by atoms with Crippen molar-refractivity contribution in [3.8, 4) is 11.5 Å². The van der Waals surface area contributed by atoms with Crippen LogP contribution in [-0.4, -0.2) is 23.1 Å². The van der Waals surface area contributed by atoms with Gasteiger partial charge < -0.3 is 14.9 Å². The zero-order valence-corrected chi connectivity index (χ0v) is 9.75. The molecule has 0 aromatic heterocycles. The van der Waals surface area contributed by atoms with Crippen molar-refractivity contribution < 1.29 is 19.7 Å². The minimum Gasteiger partial charge on any atom is -0.508 e. The second-order valence-electron chi connectivity index (χ2n) is 4.44. The zero-order valence-electron chi connectivity index (χ0n) is 9.75. The molecule has 3 aliphatic carbocycles. The third-order valence-corrected chi connectivity index (χ3v) is 3.59. The molecule has 2 bridgehead atoms. The van der Waals surface area contributed by atoms with E-state index in [2.05, 4.69) is 0 Å². The van der Waals surface area contributed by atoms with Crippen molar-refractivity contribution in [2.75, 3.05) is 7.11 Å². The maximum Gasteiger partial charge on any atom is 0.195 e. The van der Waals surface area contributed by atoms with Gasteiger partial charge in [-0.2, -0.15) is 0 Å². The average Bonchev–Trinajstić information content (AvgIpc) is 2.61. The maximum absolute atomic E-state index is 12.2. The number of aromatic hydroxyl groups is 2. The van der Waals surface area contributed by atoms with E-state index in [1.165, 1.54) is 25.3 Å². The van der Waals surface area contributed by atoms with Crippen molar-refractivity contribution in [2.24, 2.45) is 0 Å². The van der Waals surface area contributed by atoms with Crippen LogP contribution in [0, 0.1) is 0 Å². The van der Waals surface area contributed by atoms with Gasteiger partial charge in [0.15, 0.2) is 11.4 Å². The number of benzene rings is 1. The summed E-state index contributed by atoms with van der Waals surface area (Å²) in [6, 6.07) is 2.79. The molecule has 0 fully saturated rings. The highest BCUT2D eigenvalue weighted by Crippen LogP contribution is 2.49. The van der Waals surface area contributed by atoms with Gasteiger partial charge in [-0.05, 0) is 24.3 Å². The summed E-state index contributed by atoms with van der Waals surface area (Å²) >= 11 is 0. The van der Waals surface area contributed by atoms with Gasteiger partial charge in [0.1, 0.15) is 11.5 Å². The van der Waals surface area contributed by atoms with Gasteiger partial charge in [-0.1, -0.05) is 12.2 Å². The van der Waals surface area contributed by atoms with Crippen LogP contribution in [0.3, 0.4) is 0 Å². The van der Waals surface area contributed by atoms with E-state index in [0.717, 1.165) is 0 Å². The third-order valence-electron chi connectivity index (χ3n) is 3.59. The number of phenolic OH excluding ortho intramolecular Hbond substituents is 2. The second-order valence-corrected chi connectivity index (χ2v) is 4.44. The highest BCUT2D eigenvalue weighted by Gasteiger charge is 2.46. The zero-order chi connectivity index (χ0) is 12.9. The van der Waals surface area contributed by atoms with Crippen molar-refractivity contribution in [2.45, 2.75) is 11.5 Å². The molecule has 1 aromatic carbocycles. The fourth-order valence-corrected chi connectivity index (χ4v) is 2.69. The van der Waals surface area contributed by atoms with Crippen LogP contribution in [0.2, 0.25) is 0 Å². The van der Waals surface area contributed by atoms with E-state index in [-0.39, 0.29) is 23.2 Å². The molecule has 92 valence electrons. The van der Waals surface area contributed by atoms with E-state index >= 15 is 0 Å². The standard InChI is InChI=1S/C14H12O4/c1-18-14-7-6-8(2-5-11(14)17)12-9(15)3-4-10(16)13(12)14/h2-8,15-16H,1H3. The fraction of sp³-hybridized carbons (Fsp3) is 0.214. The van der Waals surface area contributed by atoms with E-state index in [9.17, 15) is 15.0 Å². The van der Waals surface area contributed by atoms with Gasteiger partial charge in [-0.3, -0.25) is 4.79 Å². The van der Waals surface area contributed by atoms with Crippen LogP contribution in [0.5, 0.6) is 11.5 Å². The minimum atomic E-state index is -1.33. The molecule has 4 rings (SSSR count). The summed E-state index contributed by atoms with van der Waals surface area (Å²) in [6.07, 6.45) is 6.57. The molecule has 0 amide bonds. The number of fused-ring (bicyclic) bond motifs is 1. The molecule has 2 N–H and O–H groups in total. The van der Waals surface area contributed by atoms with Gasteiger partial charge in [0.05, 0.1) is 0 Å². The number of hydrogen-bond donors (Lipinski definition) is 2. The van der Waals surface area contributed by atoms with Crippen molar-refractivity contribution in [3.05, 3.63) is 47.6 Å². The predicted octanol–water partition coefficient (Wildman–Crippen LogP) is 1.73. The van der Waals surface area contributed by atoms with E-state index in [1.807, 2.05) is 0 Å². The van der Waals surface area contributed by atoms with Crippen LogP contribution >= 0.6 is 0 Å². The lowest BCUT2D eigenvalue weighted by Crippen LogP contribution is -2.36. The number of hydrogen-bond acceptors (Lipinski definition) is 4. The molecule has 4 heteroatoms. The Bertz CT molecular complexity index is 600. The van der Waals surface area contributed by atoms with Crippen LogP contribution in [0.15, 0.2) is 36.4 Å². The Morgan fingerprint density at radius 1 is 1.22 bits per heavy atom. The lowest BCUT2D eigenvalue weighted by Gasteiger charge is -2.32. The van der Waals surface area contributed by atoms with Gasteiger partial charge in [-0.25, -0.2) is 0 Å². The Balaban J connectivity index is 2.43. The van der Waals surface area contributed by atoms with Crippen LogP contribution in [0.25, 0.3) is 0 Å². The largest absolute Gasteiger partial charge is 0.508 e. The molecule has 3 aliphatic rings. The molecule has 1 aromatic rings. The number of carbonyl (C=O) groups is 1. The average molecular weight is 244 g/mol. The summed E-state index contributed by atoms with van der Waals surface area (Å²) in [5, 5.41) is 20.0. The van der Waals surface area contributed by atoms with Gasteiger partial charge in [0.2, 0.25) is 0 Å². The predicted molar refractivity (Wildman–Crippen MR) is 64.5 cm³/mol. The van der Waals surface area contributed by atoms with Crippen LogP contribution in [0.4, 0.5) is 0 Å². The monoisotopic (exact) mass is 244 g/mol. The first-order valence-electron chi connectivity index (χ1n) is 5.62. The molecule has 0 saturated heterocycles.